The molecule has 1 aliphatic heterocycles. The van der Waals surface area contributed by atoms with Crippen LogP contribution < -0.4 is 5.73 Å². The van der Waals surface area contributed by atoms with E-state index in [0.29, 0.717) is 11.9 Å². The minimum atomic E-state index is -0.674. The van der Waals surface area contributed by atoms with Gasteiger partial charge in [0.2, 0.25) is 0 Å². The molecule has 26 heavy (non-hydrogen) atoms. The number of aliphatic hydroxyl groups excluding tert-OH is 1. The molecule has 5 nitrogen and oxygen atoms in total. The zero-order valence-electron chi connectivity index (χ0n) is 16.5. The maximum Gasteiger partial charge on any atom is 0.257 e. The summed E-state index contributed by atoms with van der Waals surface area (Å²) in [7, 11) is 0. The highest BCUT2D eigenvalue weighted by Crippen LogP contribution is 2.41. The van der Waals surface area contributed by atoms with Crippen LogP contribution in [-0.4, -0.2) is 40.1 Å². The van der Waals surface area contributed by atoms with E-state index >= 15 is 0 Å². The number of amides is 1. The van der Waals surface area contributed by atoms with Gasteiger partial charge in [0.15, 0.2) is 5.96 Å². The molecule has 148 valence electrons. The SMILES string of the molecule is C[C@@H](CO)N1C(=O)C(CCC2CCCCC2)(CC2CCCCC2)N=C1N. The first-order valence-corrected chi connectivity index (χ1v) is 10.9. The molecule has 2 saturated carbocycles. The van der Waals surface area contributed by atoms with Crippen molar-refractivity contribution < 1.29 is 9.90 Å². The third-order valence-corrected chi connectivity index (χ3v) is 6.94. The summed E-state index contributed by atoms with van der Waals surface area (Å²) in [5.74, 6) is 1.68. The highest BCUT2D eigenvalue weighted by Gasteiger charge is 2.49. The average molecular weight is 364 g/mol. The van der Waals surface area contributed by atoms with Crippen LogP contribution in [0.4, 0.5) is 0 Å². The predicted octanol–water partition coefficient (Wildman–Crippen LogP) is 3.59. The number of nitrogens with zero attached hydrogens (tertiary/aromatic N) is 2. The number of hydrogen-bond acceptors (Lipinski definition) is 4. The lowest BCUT2D eigenvalue weighted by molar-refractivity contribution is -0.134. The van der Waals surface area contributed by atoms with Crippen molar-refractivity contribution in [1.82, 2.24) is 4.90 Å². The summed E-state index contributed by atoms with van der Waals surface area (Å²) in [4.78, 5) is 19.8. The fraction of sp³-hybridized carbons (Fsp3) is 0.905. The number of aliphatic hydroxyl groups is 1. The van der Waals surface area contributed by atoms with E-state index in [1.165, 1.54) is 64.2 Å². The summed E-state index contributed by atoms with van der Waals surface area (Å²) < 4.78 is 0. The van der Waals surface area contributed by atoms with E-state index in [2.05, 4.69) is 0 Å². The monoisotopic (exact) mass is 363 g/mol. The third kappa shape index (κ3) is 4.24. The van der Waals surface area contributed by atoms with Crippen LogP contribution in [0, 0.1) is 11.8 Å². The van der Waals surface area contributed by atoms with Crippen molar-refractivity contribution in [3.05, 3.63) is 0 Å². The highest BCUT2D eigenvalue weighted by atomic mass is 16.3. The Labute approximate surface area is 158 Å². The molecule has 3 aliphatic rings. The van der Waals surface area contributed by atoms with Gasteiger partial charge in [-0.05, 0) is 38.0 Å². The van der Waals surface area contributed by atoms with E-state index < -0.39 is 5.54 Å². The number of rotatable bonds is 7. The van der Waals surface area contributed by atoms with Gasteiger partial charge in [-0.2, -0.15) is 0 Å². The second kappa shape index (κ2) is 8.73. The molecular weight excluding hydrogens is 326 g/mol. The summed E-state index contributed by atoms with van der Waals surface area (Å²) in [6.45, 7) is 1.77. The average Bonchev–Trinajstić information content (AvgIpc) is 2.91. The molecule has 3 rings (SSSR count). The first kappa shape index (κ1) is 19.7. The molecule has 5 heteroatoms. The maximum absolute atomic E-state index is 13.4. The van der Waals surface area contributed by atoms with Crippen molar-refractivity contribution in [3.8, 4) is 0 Å². The first-order chi connectivity index (χ1) is 12.6. The fourth-order valence-electron chi connectivity index (χ4n) is 5.34. The maximum atomic E-state index is 13.4. The van der Waals surface area contributed by atoms with E-state index in [0.717, 1.165) is 25.2 Å². The van der Waals surface area contributed by atoms with Gasteiger partial charge in [-0.3, -0.25) is 9.69 Å². The van der Waals surface area contributed by atoms with Gasteiger partial charge in [0.25, 0.3) is 5.91 Å². The van der Waals surface area contributed by atoms with Crippen LogP contribution in [0.25, 0.3) is 0 Å². The van der Waals surface area contributed by atoms with Gasteiger partial charge in [-0.25, -0.2) is 4.99 Å². The van der Waals surface area contributed by atoms with E-state index in [4.69, 9.17) is 10.7 Å². The van der Waals surface area contributed by atoms with Crippen molar-refractivity contribution in [1.29, 1.82) is 0 Å². The second-order valence-electron chi connectivity index (χ2n) is 8.96. The molecule has 0 radical (unpaired) electrons. The van der Waals surface area contributed by atoms with Crippen molar-refractivity contribution in [2.75, 3.05) is 6.61 Å². The Kier molecular flexibility index (Phi) is 6.60. The van der Waals surface area contributed by atoms with E-state index in [-0.39, 0.29) is 18.6 Å². The number of carbonyl (C=O) groups is 1. The zero-order chi connectivity index (χ0) is 18.6. The smallest absolute Gasteiger partial charge is 0.257 e. The summed E-state index contributed by atoms with van der Waals surface area (Å²) in [5, 5.41) is 9.55. The van der Waals surface area contributed by atoms with Crippen LogP contribution in [-0.2, 0) is 4.79 Å². The number of nitrogens with two attached hydrogens (primary N) is 1. The molecule has 0 saturated heterocycles. The lowest BCUT2D eigenvalue weighted by Crippen LogP contribution is -2.50. The molecule has 3 N–H and O–H groups in total. The van der Waals surface area contributed by atoms with Gasteiger partial charge in [0.05, 0.1) is 12.6 Å². The Bertz CT molecular complexity index is 509. The largest absolute Gasteiger partial charge is 0.394 e. The molecular formula is C21H37N3O2. The second-order valence-corrected chi connectivity index (χ2v) is 8.96. The first-order valence-electron chi connectivity index (χ1n) is 10.9. The molecule has 1 unspecified atom stereocenters. The minimum absolute atomic E-state index is 0.0398. The van der Waals surface area contributed by atoms with Gasteiger partial charge in [-0.15, -0.1) is 0 Å². The number of aliphatic imine (C=N–C) groups is 1. The molecule has 1 amide bonds. The van der Waals surface area contributed by atoms with Gasteiger partial charge in [0.1, 0.15) is 5.54 Å². The van der Waals surface area contributed by atoms with E-state index in [1.54, 1.807) is 4.90 Å². The van der Waals surface area contributed by atoms with Gasteiger partial charge < -0.3 is 10.8 Å². The number of guanidine groups is 1. The number of carbonyl (C=O) groups excluding carboxylic acids is 1. The van der Waals surface area contributed by atoms with Gasteiger partial charge in [0, 0.05) is 0 Å². The Hall–Kier alpha value is -1.10. The van der Waals surface area contributed by atoms with Gasteiger partial charge in [-0.1, -0.05) is 64.2 Å². The molecule has 2 aliphatic carbocycles. The summed E-state index contributed by atoms with van der Waals surface area (Å²) in [6.07, 6.45) is 15.6. The third-order valence-electron chi connectivity index (χ3n) is 6.94. The molecule has 0 aromatic rings. The van der Waals surface area contributed by atoms with Crippen molar-refractivity contribution in [3.63, 3.8) is 0 Å². The highest BCUT2D eigenvalue weighted by molar-refractivity contribution is 6.07. The Morgan fingerprint density at radius 2 is 1.69 bits per heavy atom. The van der Waals surface area contributed by atoms with Crippen molar-refractivity contribution in [2.45, 2.75) is 102 Å². The van der Waals surface area contributed by atoms with Crippen molar-refractivity contribution in [2.24, 2.45) is 22.6 Å². The minimum Gasteiger partial charge on any atom is -0.394 e. The van der Waals surface area contributed by atoms with E-state index in [1.807, 2.05) is 6.92 Å². The standard InChI is InChI=1S/C21H37N3O2/c1-16(15-25)24-19(26)21(23-20(24)22,14-18-10-6-3-7-11-18)13-12-17-8-4-2-5-9-17/h16-18,25H,2-15H2,1H3,(H2,22,23)/t16-,21?/m0/s1. The lowest BCUT2D eigenvalue weighted by Gasteiger charge is -2.34. The molecule has 2 fully saturated rings. The number of hydrogen-bond donors (Lipinski definition) is 2. The molecule has 0 spiro atoms. The molecule has 1 heterocycles. The normalized spacial score (nSPS) is 29.8. The van der Waals surface area contributed by atoms with Crippen LogP contribution in [0.1, 0.15) is 90.4 Å². The van der Waals surface area contributed by atoms with Crippen molar-refractivity contribution >= 4 is 11.9 Å². The Morgan fingerprint density at radius 1 is 1.12 bits per heavy atom. The van der Waals surface area contributed by atoms with Crippen LogP contribution in [0.3, 0.4) is 0 Å². The quantitative estimate of drug-likeness (QED) is 0.725. The molecule has 0 aromatic carbocycles. The van der Waals surface area contributed by atoms with Crippen LogP contribution in [0.15, 0.2) is 4.99 Å². The van der Waals surface area contributed by atoms with Crippen LogP contribution in [0.2, 0.25) is 0 Å². The summed E-state index contributed by atoms with van der Waals surface area (Å²) in [5.41, 5.74) is 5.51. The summed E-state index contributed by atoms with van der Waals surface area (Å²) >= 11 is 0. The Morgan fingerprint density at radius 3 is 2.27 bits per heavy atom. The zero-order valence-corrected chi connectivity index (χ0v) is 16.5. The molecule has 0 bridgehead atoms. The van der Waals surface area contributed by atoms with Crippen LogP contribution >= 0.6 is 0 Å². The molecule has 0 aromatic heterocycles. The lowest BCUT2D eigenvalue weighted by atomic mass is 9.75. The predicted molar refractivity (Wildman–Crippen MR) is 105 cm³/mol. The molecule has 2 atom stereocenters. The summed E-state index contributed by atoms with van der Waals surface area (Å²) in [6, 6.07) is -0.297. The topological polar surface area (TPSA) is 78.9 Å². The van der Waals surface area contributed by atoms with Crippen LogP contribution in [0.5, 0.6) is 0 Å². The fourth-order valence-corrected chi connectivity index (χ4v) is 5.34. The van der Waals surface area contributed by atoms with E-state index in [9.17, 15) is 9.90 Å². The Balaban J connectivity index is 1.75. The van der Waals surface area contributed by atoms with Gasteiger partial charge >= 0.3 is 0 Å².